The standard InChI is InChI=1S/C15H15FN2OS/c1-10-4-3-5-11(17-10)9-18(2)15(19)13-8-12(20)6-7-14(13)16/h3-8,20H,9H2,1-2H3. The van der Waals surface area contributed by atoms with Crippen molar-refractivity contribution >= 4 is 18.5 Å². The molecule has 0 aliphatic heterocycles. The molecule has 0 atom stereocenters. The van der Waals surface area contributed by atoms with Gasteiger partial charge < -0.3 is 4.90 Å². The van der Waals surface area contributed by atoms with E-state index >= 15 is 0 Å². The quantitative estimate of drug-likeness (QED) is 0.881. The Morgan fingerprint density at radius 2 is 2.10 bits per heavy atom. The number of halogens is 1. The SMILES string of the molecule is Cc1cccc(CN(C)C(=O)c2cc(S)ccc2F)n1. The maximum atomic E-state index is 13.7. The van der Waals surface area contributed by atoms with Gasteiger partial charge in [-0.3, -0.25) is 9.78 Å². The summed E-state index contributed by atoms with van der Waals surface area (Å²) in [7, 11) is 1.62. The summed E-state index contributed by atoms with van der Waals surface area (Å²) in [6.07, 6.45) is 0. The largest absolute Gasteiger partial charge is 0.336 e. The Morgan fingerprint density at radius 3 is 2.80 bits per heavy atom. The van der Waals surface area contributed by atoms with Crippen molar-refractivity contribution < 1.29 is 9.18 Å². The minimum absolute atomic E-state index is 0.0210. The highest BCUT2D eigenvalue weighted by Gasteiger charge is 2.17. The minimum Gasteiger partial charge on any atom is -0.336 e. The van der Waals surface area contributed by atoms with Crippen molar-refractivity contribution in [3.8, 4) is 0 Å². The van der Waals surface area contributed by atoms with Crippen molar-refractivity contribution in [2.75, 3.05) is 7.05 Å². The summed E-state index contributed by atoms with van der Waals surface area (Å²) in [5.74, 6) is -0.932. The summed E-state index contributed by atoms with van der Waals surface area (Å²) in [6.45, 7) is 2.21. The number of thiol groups is 1. The molecule has 0 fully saturated rings. The van der Waals surface area contributed by atoms with Crippen molar-refractivity contribution in [3.63, 3.8) is 0 Å². The summed E-state index contributed by atoms with van der Waals surface area (Å²) in [5, 5.41) is 0. The van der Waals surface area contributed by atoms with Gasteiger partial charge in [-0.15, -0.1) is 12.6 Å². The molecule has 0 aliphatic carbocycles. The lowest BCUT2D eigenvalue weighted by Gasteiger charge is -2.17. The molecule has 2 rings (SSSR count). The zero-order chi connectivity index (χ0) is 14.7. The van der Waals surface area contributed by atoms with Crippen molar-refractivity contribution in [1.29, 1.82) is 0 Å². The number of carbonyl (C=O) groups excluding carboxylic acids is 1. The first-order valence-electron chi connectivity index (χ1n) is 6.14. The number of aryl methyl sites for hydroxylation is 1. The van der Waals surface area contributed by atoms with E-state index in [0.717, 1.165) is 11.4 Å². The van der Waals surface area contributed by atoms with Crippen LogP contribution in [0.5, 0.6) is 0 Å². The summed E-state index contributed by atoms with van der Waals surface area (Å²) >= 11 is 4.13. The number of benzene rings is 1. The predicted molar refractivity (Wildman–Crippen MR) is 78.4 cm³/mol. The Morgan fingerprint density at radius 1 is 1.35 bits per heavy atom. The van der Waals surface area contributed by atoms with E-state index in [4.69, 9.17) is 0 Å². The first-order valence-corrected chi connectivity index (χ1v) is 6.58. The number of hydrogen-bond donors (Lipinski definition) is 1. The van der Waals surface area contributed by atoms with Gasteiger partial charge in [0.25, 0.3) is 5.91 Å². The first kappa shape index (κ1) is 14.5. The first-order chi connectivity index (χ1) is 9.47. The molecular weight excluding hydrogens is 275 g/mol. The third-order valence-corrected chi connectivity index (χ3v) is 3.15. The Bertz CT molecular complexity index is 646. The number of nitrogens with zero attached hydrogens (tertiary/aromatic N) is 2. The molecule has 20 heavy (non-hydrogen) atoms. The zero-order valence-corrected chi connectivity index (χ0v) is 12.2. The highest BCUT2D eigenvalue weighted by atomic mass is 32.1. The molecule has 0 radical (unpaired) electrons. The van der Waals surface area contributed by atoms with Crippen LogP contribution in [0.2, 0.25) is 0 Å². The Kier molecular flexibility index (Phi) is 4.39. The number of carbonyl (C=O) groups is 1. The molecule has 0 spiro atoms. The van der Waals surface area contributed by atoms with Crippen molar-refractivity contribution in [1.82, 2.24) is 9.88 Å². The van der Waals surface area contributed by atoms with Gasteiger partial charge in [-0.25, -0.2) is 4.39 Å². The van der Waals surface area contributed by atoms with Crippen LogP contribution in [-0.2, 0) is 6.54 Å². The molecule has 1 heterocycles. The predicted octanol–water partition coefficient (Wildman–Crippen LogP) is 3.09. The maximum Gasteiger partial charge on any atom is 0.256 e. The van der Waals surface area contributed by atoms with E-state index in [1.165, 1.54) is 23.1 Å². The van der Waals surface area contributed by atoms with Crippen LogP contribution in [0, 0.1) is 12.7 Å². The molecule has 0 N–H and O–H groups in total. The van der Waals surface area contributed by atoms with Crippen LogP contribution in [0.15, 0.2) is 41.3 Å². The number of pyridine rings is 1. The van der Waals surface area contributed by atoms with E-state index in [-0.39, 0.29) is 11.5 Å². The van der Waals surface area contributed by atoms with Gasteiger partial charge in [-0.1, -0.05) is 6.07 Å². The lowest BCUT2D eigenvalue weighted by molar-refractivity contribution is 0.0778. The smallest absolute Gasteiger partial charge is 0.256 e. The Hall–Kier alpha value is -1.88. The monoisotopic (exact) mass is 290 g/mol. The zero-order valence-electron chi connectivity index (χ0n) is 11.3. The molecule has 1 aromatic carbocycles. The van der Waals surface area contributed by atoms with Gasteiger partial charge in [0.05, 0.1) is 17.8 Å². The highest BCUT2D eigenvalue weighted by Crippen LogP contribution is 2.16. The fourth-order valence-corrected chi connectivity index (χ4v) is 2.09. The van der Waals surface area contributed by atoms with Crippen molar-refractivity contribution in [3.05, 3.63) is 59.2 Å². The molecule has 3 nitrogen and oxygen atoms in total. The van der Waals surface area contributed by atoms with Gasteiger partial charge in [-0.2, -0.15) is 0 Å². The topological polar surface area (TPSA) is 33.2 Å². The third kappa shape index (κ3) is 3.36. The summed E-state index contributed by atoms with van der Waals surface area (Å²) in [4.78, 5) is 18.5. The van der Waals surface area contributed by atoms with Gasteiger partial charge in [0, 0.05) is 17.6 Å². The molecule has 0 bridgehead atoms. The molecule has 1 amide bonds. The second-order valence-electron chi connectivity index (χ2n) is 4.60. The van der Waals surface area contributed by atoms with E-state index < -0.39 is 5.82 Å². The Balaban J connectivity index is 2.18. The van der Waals surface area contributed by atoms with Gasteiger partial charge >= 0.3 is 0 Å². The average Bonchev–Trinajstić information content (AvgIpc) is 2.40. The van der Waals surface area contributed by atoms with Crippen LogP contribution in [0.4, 0.5) is 4.39 Å². The van der Waals surface area contributed by atoms with E-state index in [2.05, 4.69) is 17.6 Å². The molecule has 104 valence electrons. The maximum absolute atomic E-state index is 13.7. The molecular formula is C15H15FN2OS. The van der Waals surface area contributed by atoms with Crippen LogP contribution >= 0.6 is 12.6 Å². The number of amides is 1. The lowest BCUT2D eigenvalue weighted by Crippen LogP contribution is -2.27. The highest BCUT2D eigenvalue weighted by molar-refractivity contribution is 7.80. The Labute approximate surface area is 122 Å². The summed E-state index contributed by atoms with van der Waals surface area (Å²) < 4.78 is 13.7. The molecule has 0 saturated carbocycles. The molecule has 0 aliphatic rings. The van der Waals surface area contributed by atoms with Crippen LogP contribution in [0.1, 0.15) is 21.7 Å². The summed E-state index contributed by atoms with van der Waals surface area (Å²) in [5.41, 5.74) is 1.67. The second kappa shape index (κ2) is 6.05. The fraction of sp³-hybridized carbons (Fsp3) is 0.200. The van der Waals surface area contributed by atoms with Crippen molar-refractivity contribution in [2.45, 2.75) is 18.4 Å². The average molecular weight is 290 g/mol. The van der Waals surface area contributed by atoms with Crippen molar-refractivity contribution in [2.24, 2.45) is 0 Å². The molecule has 2 aromatic rings. The van der Waals surface area contributed by atoms with Crippen LogP contribution < -0.4 is 0 Å². The van der Waals surface area contributed by atoms with Gasteiger partial charge in [0.15, 0.2) is 0 Å². The van der Waals surface area contributed by atoms with Gasteiger partial charge in [0.1, 0.15) is 5.82 Å². The fourth-order valence-electron chi connectivity index (χ4n) is 1.89. The number of rotatable bonds is 3. The van der Waals surface area contributed by atoms with Crippen LogP contribution in [0.25, 0.3) is 0 Å². The second-order valence-corrected chi connectivity index (χ2v) is 5.11. The van der Waals surface area contributed by atoms with E-state index in [9.17, 15) is 9.18 Å². The normalized spacial score (nSPS) is 10.4. The van der Waals surface area contributed by atoms with E-state index in [0.29, 0.717) is 11.4 Å². The molecule has 1 aromatic heterocycles. The lowest BCUT2D eigenvalue weighted by atomic mass is 10.2. The number of hydrogen-bond acceptors (Lipinski definition) is 3. The molecule has 0 saturated heterocycles. The van der Waals surface area contributed by atoms with Gasteiger partial charge in [-0.05, 0) is 37.3 Å². The molecule has 5 heteroatoms. The van der Waals surface area contributed by atoms with Crippen LogP contribution in [-0.4, -0.2) is 22.8 Å². The number of aromatic nitrogens is 1. The van der Waals surface area contributed by atoms with E-state index in [1.807, 2.05) is 25.1 Å². The minimum atomic E-state index is -0.545. The van der Waals surface area contributed by atoms with Gasteiger partial charge in [0.2, 0.25) is 0 Å². The molecule has 0 unspecified atom stereocenters. The summed E-state index contributed by atoms with van der Waals surface area (Å²) in [6, 6.07) is 9.79. The van der Waals surface area contributed by atoms with Crippen LogP contribution in [0.3, 0.4) is 0 Å². The van der Waals surface area contributed by atoms with E-state index in [1.54, 1.807) is 7.05 Å². The third-order valence-electron chi connectivity index (χ3n) is 2.87.